The third-order valence-corrected chi connectivity index (χ3v) is 2.06. The topological polar surface area (TPSA) is 38.3 Å². The molecule has 1 N–H and O–H groups in total. The summed E-state index contributed by atoms with van der Waals surface area (Å²) < 4.78 is 4.79. The molecule has 1 heterocycles. The van der Waals surface area contributed by atoms with Gasteiger partial charge in [-0.25, -0.2) is 0 Å². The first-order valence-corrected chi connectivity index (χ1v) is 4.22. The molecule has 1 aliphatic heterocycles. The number of hydrogen-bond acceptors (Lipinski definition) is 3. The van der Waals surface area contributed by atoms with Gasteiger partial charge in [-0.3, -0.25) is 10.1 Å². The Labute approximate surface area is 79.3 Å². The normalized spacial score (nSPS) is 27.8. The zero-order valence-electron chi connectivity index (χ0n) is 7.29. The van der Waals surface area contributed by atoms with E-state index < -0.39 is 0 Å². The Hall–Kier alpha value is -0.280. The molecule has 4 heteroatoms. The molecular weight excluding hydrogens is 178 g/mol. The summed E-state index contributed by atoms with van der Waals surface area (Å²) in [4.78, 5) is 9.96. The fraction of sp³-hybridized carbons (Fsp3) is 0.875. The first-order valence-electron chi connectivity index (χ1n) is 4.22. The van der Waals surface area contributed by atoms with Crippen LogP contribution in [-0.4, -0.2) is 18.7 Å². The Morgan fingerprint density at radius 3 is 2.92 bits per heavy atom. The molecule has 1 aliphatic rings. The summed E-state index contributed by atoms with van der Waals surface area (Å²) in [6.45, 7) is 2.68. The molecule has 1 rings (SSSR count). The molecule has 0 radical (unpaired) electrons. The second-order valence-electron chi connectivity index (χ2n) is 2.95. The number of carbonyl (C=O) groups excluding carboxylic acids is 1. The fourth-order valence-corrected chi connectivity index (χ4v) is 1.53. The molecule has 0 saturated carbocycles. The van der Waals surface area contributed by atoms with Crippen LogP contribution in [0, 0.1) is 0 Å². The van der Waals surface area contributed by atoms with Crippen molar-refractivity contribution >= 4 is 18.9 Å². The minimum Gasteiger partial charge on any atom is -0.449 e. The lowest BCUT2D eigenvalue weighted by atomic mass is 10.1. The summed E-state index contributed by atoms with van der Waals surface area (Å²) in [6, 6.07) is 0.560. The van der Waals surface area contributed by atoms with Gasteiger partial charge in [0.05, 0.1) is 0 Å². The lowest BCUT2D eigenvalue weighted by molar-refractivity contribution is -0.134. The van der Waals surface area contributed by atoms with E-state index in [9.17, 15) is 4.79 Å². The van der Waals surface area contributed by atoms with Crippen molar-refractivity contribution in [1.82, 2.24) is 5.32 Å². The molecule has 0 unspecified atom stereocenters. The van der Waals surface area contributed by atoms with Gasteiger partial charge in [0.25, 0.3) is 6.47 Å². The molecule has 1 fully saturated rings. The van der Waals surface area contributed by atoms with Crippen LogP contribution >= 0.6 is 12.4 Å². The van der Waals surface area contributed by atoms with E-state index in [0.29, 0.717) is 12.5 Å². The van der Waals surface area contributed by atoms with E-state index >= 15 is 0 Å². The highest BCUT2D eigenvalue weighted by molar-refractivity contribution is 5.85. The smallest absolute Gasteiger partial charge is 0.294 e. The van der Waals surface area contributed by atoms with Gasteiger partial charge < -0.3 is 4.74 Å². The minimum absolute atomic E-state index is 0. The van der Waals surface area contributed by atoms with E-state index in [1.807, 2.05) is 0 Å². The summed E-state index contributed by atoms with van der Waals surface area (Å²) in [5.41, 5.74) is 0. The Kier molecular flexibility index (Phi) is 6.11. The minimum atomic E-state index is -0.0240. The summed E-state index contributed by atoms with van der Waals surface area (Å²) in [6.07, 6.45) is 4.43. The number of hydrogen-bond donors (Lipinski definition) is 1. The van der Waals surface area contributed by atoms with Crippen molar-refractivity contribution in [2.45, 2.75) is 44.9 Å². The average molecular weight is 194 g/mol. The van der Waals surface area contributed by atoms with Crippen LogP contribution in [0.5, 0.6) is 0 Å². The van der Waals surface area contributed by atoms with Gasteiger partial charge in [-0.2, -0.15) is 0 Å². The molecule has 0 spiro atoms. The highest BCUT2D eigenvalue weighted by atomic mass is 35.5. The van der Waals surface area contributed by atoms with E-state index in [4.69, 9.17) is 4.74 Å². The van der Waals surface area contributed by atoms with Crippen LogP contribution in [0.3, 0.4) is 0 Å². The van der Waals surface area contributed by atoms with Crippen molar-refractivity contribution in [3.8, 4) is 0 Å². The lowest BCUT2D eigenvalue weighted by Crippen LogP contribution is -2.30. The monoisotopic (exact) mass is 193 g/mol. The van der Waals surface area contributed by atoms with Gasteiger partial charge >= 0.3 is 0 Å². The molecule has 3 nitrogen and oxygen atoms in total. The maximum Gasteiger partial charge on any atom is 0.294 e. The first kappa shape index (κ1) is 11.7. The van der Waals surface area contributed by atoms with Crippen molar-refractivity contribution in [3.05, 3.63) is 0 Å². The summed E-state index contributed by atoms with van der Waals surface area (Å²) in [7, 11) is 0. The van der Waals surface area contributed by atoms with E-state index in [-0.39, 0.29) is 18.6 Å². The van der Waals surface area contributed by atoms with Gasteiger partial charge in [0.1, 0.15) is 0 Å². The molecule has 0 amide bonds. The van der Waals surface area contributed by atoms with Crippen molar-refractivity contribution in [3.63, 3.8) is 0 Å². The molecule has 0 bridgehead atoms. The molecule has 0 aliphatic carbocycles. The van der Waals surface area contributed by atoms with Crippen molar-refractivity contribution < 1.29 is 9.53 Å². The zero-order chi connectivity index (χ0) is 8.10. The number of halogens is 1. The van der Waals surface area contributed by atoms with Crippen molar-refractivity contribution in [1.29, 1.82) is 0 Å². The second kappa shape index (κ2) is 6.26. The van der Waals surface area contributed by atoms with Gasteiger partial charge in [0, 0.05) is 6.04 Å². The van der Waals surface area contributed by atoms with Gasteiger partial charge in [0.2, 0.25) is 0 Å². The standard InChI is InChI=1S/C8H15NO2.ClH/c1-2-3-7-4-5-8(9-7)11-6-10;/h6-9H,2-5H2,1H3;1H/t7-,8-;/m1./s1. The van der Waals surface area contributed by atoms with Crippen LogP contribution in [0.25, 0.3) is 0 Å². The summed E-state index contributed by atoms with van der Waals surface area (Å²) in [5.74, 6) is 0. The van der Waals surface area contributed by atoms with Crippen LogP contribution in [0.4, 0.5) is 0 Å². The van der Waals surface area contributed by atoms with Crippen molar-refractivity contribution in [2.75, 3.05) is 0 Å². The zero-order valence-corrected chi connectivity index (χ0v) is 8.10. The quantitative estimate of drug-likeness (QED) is 0.688. The lowest BCUT2D eigenvalue weighted by Gasteiger charge is -2.11. The molecule has 0 aromatic heterocycles. The highest BCUT2D eigenvalue weighted by Gasteiger charge is 2.23. The van der Waals surface area contributed by atoms with E-state index in [1.54, 1.807) is 0 Å². The summed E-state index contributed by atoms with van der Waals surface area (Å²) >= 11 is 0. The predicted molar refractivity (Wildman–Crippen MR) is 49.3 cm³/mol. The van der Waals surface area contributed by atoms with Crippen molar-refractivity contribution in [2.24, 2.45) is 0 Å². The number of carbonyl (C=O) groups is 1. The summed E-state index contributed by atoms with van der Waals surface area (Å²) in [5, 5.41) is 3.24. The SMILES string of the molecule is CCC[C@@H]1CC[C@@H](OC=O)N1.Cl. The molecule has 0 aromatic carbocycles. The Balaban J connectivity index is 0.00000121. The average Bonchev–Trinajstić information content (AvgIpc) is 2.38. The van der Waals surface area contributed by atoms with Gasteiger partial charge in [0.15, 0.2) is 6.23 Å². The Morgan fingerprint density at radius 2 is 2.33 bits per heavy atom. The largest absolute Gasteiger partial charge is 0.449 e. The molecule has 72 valence electrons. The van der Waals surface area contributed by atoms with E-state index in [0.717, 1.165) is 12.8 Å². The Bertz CT molecular complexity index is 132. The fourth-order valence-electron chi connectivity index (χ4n) is 1.53. The van der Waals surface area contributed by atoms with Gasteiger partial charge in [-0.15, -0.1) is 12.4 Å². The molecule has 2 atom stereocenters. The predicted octanol–water partition coefficient (Wildman–Crippen LogP) is 1.46. The molecular formula is C8H16ClNO2. The maximum absolute atomic E-state index is 9.96. The van der Waals surface area contributed by atoms with Crippen LogP contribution in [0.1, 0.15) is 32.6 Å². The third-order valence-electron chi connectivity index (χ3n) is 2.06. The van der Waals surface area contributed by atoms with Crippen LogP contribution in [-0.2, 0) is 9.53 Å². The van der Waals surface area contributed by atoms with Crippen LogP contribution in [0.2, 0.25) is 0 Å². The van der Waals surface area contributed by atoms with Gasteiger partial charge in [-0.1, -0.05) is 13.3 Å². The Morgan fingerprint density at radius 1 is 1.58 bits per heavy atom. The molecule has 12 heavy (non-hydrogen) atoms. The van der Waals surface area contributed by atoms with Crippen LogP contribution in [0.15, 0.2) is 0 Å². The first-order chi connectivity index (χ1) is 5.36. The third kappa shape index (κ3) is 3.41. The molecule has 1 saturated heterocycles. The van der Waals surface area contributed by atoms with Crippen LogP contribution < -0.4 is 5.32 Å². The number of nitrogens with one attached hydrogen (secondary N) is 1. The number of rotatable bonds is 4. The number of ether oxygens (including phenoxy) is 1. The van der Waals surface area contributed by atoms with E-state index in [2.05, 4.69) is 12.2 Å². The highest BCUT2D eigenvalue weighted by Crippen LogP contribution is 2.16. The second-order valence-corrected chi connectivity index (χ2v) is 2.95. The van der Waals surface area contributed by atoms with Gasteiger partial charge in [-0.05, 0) is 19.3 Å². The maximum atomic E-state index is 9.96. The molecule has 0 aromatic rings. The van der Waals surface area contributed by atoms with E-state index in [1.165, 1.54) is 12.8 Å².